The lowest BCUT2D eigenvalue weighted by Gasteiger charge is -1.98. The number of nitrogens with one attached hydrogen (secondary N) is 1. The Balaban J connectivity index is 1.94. The fraction of sp³-hybridized carbons (Fsp3) is 0. The highest BCUT2D eigenvalue weighted by molar-refractivity contribution is 5.86. The van der Waals surface area contributed by atoms with Crippen molar-refractivity contribution in [2.45, 2.75) is 0 Å². The smallest absolute Gasteiger partial charge is 0.352 e. The van der Waals surface area contributed by atoms with Gasteiger partial charge in [0.05, 0.1) is 11.9 Å². The van der Waals surface area contributed by atoms with Crippen LogP contribution in [0.3, 0.4) is 0 Å². The molecule has 0 aliphatic heterocycles. The molecule has 3 rings (SSSR count). The van der Waals surface area contributed by atoms with Crippen LogP contribution in [0.5, 0.6) is 0 Å². The fourth-order valence-corrected chi connectivity index (χ4v) is 1.87. The van der Waals surface area contributed by atoms with Crippen LogP contribution in [0.2, 0.25) is 0 Å². The van der Waals surface area contributed by atoms with Crippen molar-refractivity contribution in [1.29, 1.82) is 0 Å². The molecule has 0 unspecified atom stereocenters. The van der Waals surface area contributed by atoms with E-state index in [1.54, 1.807) is 16.9 Å². The van der Waals surface area contributed by atoms with Crippen LogP contribution in [0.1, 0.15) is 10.5 Å². The zero-order valence-electron chi connectivity index (χ0n) is 9.95. The minimum absolute atomic E-state index is 0.169. The summed E-state index contributed by atoms with van der Waals surface area (Å²) >= 11 is 0. The van der Waals surface area contributed by atoms with Crippen LogP contribution < -0.4 is 0 Å². The molecule has 0 fully saturated rings. The van der Waals surface area contributed by atoms with Gasteiger partial charge < -0.3 is 10.1 Å². The highest BCUT2D eigenvalue weighted by Crippen LogP contribution is 2.19. The Kier molecular flexibility index (Phi) is 2.64. The normalized spacial score (nSPS) is 10.5. The first-order valence-corrected chi connectivity index (χ1v) is 5.77. The van der Waals surface area contributed by atoms with E-state index in [4.69, 9.17) is 5.11 Å². The maximum atomic E-state index is 10.8. The SMILES string of the molecule is O=C(O)c1ccc(-c2cnn(-c3ccccc3)c2)[nH]1. The van der Waals surface area contributed by atoms with E-state index in [1.165, 1.54) is 6.07 Å². The summed E-state index contributed by atoms with van der Waals surface area (Å²) in [5.74, 6) is -0.971. The van der Waals surface area contributed by atoms with Gasteiger partial charge in [-0.05, 0) is 24.3 Å². The molecule has 0 saturated heterocycles. The molecule has 94 valence electrons. The van der Waals surface area contributed by atoms with Gasteiger partial charge in [0, 0.05) is 17.5 Å². The number of nitrogens with zero attached hydrogens (tertiary/aromatic N) is 2. The summed E-state index contributed by atoms with van der Waals surface area (Å²) < 4.78 is 1.75. The van der Waals surface area contributed by atoms with Crippen molar-refractivity contribution in [1.82, 2.24) is 14.8 Å². The number of carbonyl (C=O) groups is 1. The number of carboxylic acids is 1. The van der Waals surface area contributed by atoms with Crippen LogP contribution in [0.25, 0.3) is 16.9 Å². The van der Waals surface area contributed by atoms with Crippen molar-refractivity contribution >= 4 is 5.97 Å². The zero-order chi connectivity index (χ0) is 13.2. The van der Waals surface area contributed by atoms with Crippen molar-refractivity contribution in [3.63, 3.8) is 0 Å². The van der Waals surface area contributed by atoms with Crippen molar-refractivity contribution in [2.24, 2.45) is 0 Å². The molecule has 0 bridgehead atoms. The van der Waals surface area contributed by atoms with Gasteiger partial charge in [0.1, 0.15) is 5.69 Å². The molecule has 2 heterocycles. The molecule has 0 aliphatic rings. The molecule has 0 radical (unpaired) electrons. The lowest BCUT2D eigenvalue weighted by Crippen LogP contribution is -1.95. The maximum absolute atomic E-state index is 10.8. The molecule has 1 aromatic carbocycles. The van der Waals surface area contributed by atoms with Gasteiger partial charge in [-0.2, -0.15) is 5.10 Å². The molecule has 3 aromatic rings. The highest BCUT2D eigenvalue weighted by atomic mass is 16.4. The van der Waals surface area contributed by atoms with Crippen molar-refractivity contribution in [2.75, 3.05) is 0 Å². The predicted octanol–water partition coefficient (Wildman–Crippen LogP) is 2.57. The third-order valence-electron chi connectivity index (χ3n) is 2.83. The van der Waals surface area contributed by atoms with E-state index in [0.29, 0.717) is 0 Å². The third kappa shape index (κ3) is 2.13. The number of benzene rings is 1. The van der Waals surface area contributed by atoms with Crippen LogP contribution in [-0.4, -0.2) is 25.8 Å². The number of carboxylic acid groups (broad SMARTS) is 1. The first-order chi connectivity index (χ1) is 9.24. The summed E-state index contributed by atoms with van der Waals surface area (Å²) in [5, 5.41) is 13.1. The Morgan fingerprint density at radius 3 is 2.63 bits per heavy atom. The van der Waals surface area contributed by atoms with E-state index >= 15 is 0 Å². The van der Waals surface area contributed by atoms with Crippen LogP contribution in [0.4, 0.5) is 0 Å². The zero-order valence-corrected chi connectivity index (χ0v) is 9.95. The van der Waals surface area contributed by atoms with Crippen molar-refractivity contribution < 1.29 is 9.90 Å². The van der Waals surface area contributed by atoms with Crippen molar-refractivity contribution in [3.8, 4) is 16.9 Å². The van der Waals surface area contributed by atoms with Crippen molar-refractivity contribution in [3.05, 3.63) is 60.6 Å². The number of hydrogen-bond acceptors (Lipinski definition) is 2. The van der Waals surface area contributed by atoms with E-state index in [-0.39, 0.29) is 5.69 Å². The average Bonchev–Trinajstić information content (AvgIpc) is 3.09. The van der Waals surface area contributed by atoms with Crippen LogP contribution in [0.15, 0.2) is 54.9 Å². The predicted molar refractivity (Wildman–Crippen MR) is 70.3 cm³/mol. The molecule has 0 amide bonds. The second-order valence-electron chi connectivity index (χ2n) is 4.10. The highest BCUT2D eigenvalue weighted by Gasteiger charge is 2.09. The van der Waals surface area contributed by atoms with Gasteiger partial charge in [-0.25, -0.2) is 9.48 Å². The Labute approximate surface area is 109 Å². The molecule has 19 heavy (non-hydrogen) atoms. The summed E-state index contributed by atoms with van der Waals surface area (Å²) in [5.41, 5.74) is 2.71. The maximum Gasteiger partial charge on any atom is 0.352 e. The number of H-pyrrole nitrogens is 1. The summed E-state index contributed by atoms with van der Waals surface area (Å²) in [4.78, 5) is 13.7. The molecular formula is C14H11N3O2. The van der Waals surface area contributed by atoms with Gasteiger partial charge in [0.2, 0.25) is 0 Å². The molecule has 5 heteroatoms. The van der Waals surface area contributed by atoms with Crippen LogP contribution in [0, 0.1) is 0 Å². The number of hydrogen-bond donors (Lipinski definition) is 2. The number of aromatic amines is 1. The van der Waals surface area contributed by atoms with E-state index in [0.717, 1.165) is 16.9 Å². The minimum Gasteiger partial charge on any atom is -0.477 e. The Bertz CT molecular complexity index is 713. The molecule has 2 aromatic heterocycles. The average molecular weight is 253 g/mol. The van der Waals surface area contributed by atoms with E-state index < -0.39 is 5.97 Å². The van der Waals surface area contributed by atoms with Gasteiger partial charge in [-0.15, -0.1) is 0 Å². The Hall–Kier alpha value is -2.82. The van der Waals surface area contributed by atoms with E-state index in [9.17, 15) is 4.79 Å². The number of para-hydroxylation sites is 1. The Morgan fingerprint density at radius 2 is 1.95 bits per heavy atom. The summed E-state index contributed by atoms with van der Waals surface area (Å²) in [7, 11) is 0. The molecule has 0 saturated carbocycles. The first-order valence-electron chi connectivity index (χ1n) is 5.77. The van der Waals surface area contributed by atoms with Gasteiger partial charge in [0.15, 0.2) is 0 Å². The summed E-state index contributed by atoms with van der Waals surface area (Å²) in [6.07, 6.45) is 3.55. The largest absolute Gasteiger partial charge is 0.477 e. The molecule has 0 aliphatic carbocycles. The van der Waals surface area contributed by atoms with Gasteiger partial charge >= 0.3 is 5.97 Å². The topological polar surface area (TPSA) is 70.9 Å². The van der Waals surface area contributed by atoms with Crippen LogP contribution in [-0.2, 0) is 0 Å². The molecule has 2 N–H and O–H groups in total. The van der Waals surface area contributed by atoms with Crippen LogP contribution >= 0.6 is 0 Å². The lowest BCUT2D eigenvalue weighted by atomic mass is 10.2. The van der Waals surface area contributed by atoms with Gasteiger partial charge in [-0.3, -0.25) is 0 Å². The second-order valence-corrected chi connectivity index (χ2v) is 4.10. The summed E-state index contributed by atoms with van der Waals surface area (Å²) in [6, 6.07) is 13.0. The monoisotopic (exact) mass is 253 g/mol. The fourth-order valence-electron chi connectivity index (χ4n) is 1.87. The van der Waals surface area contributed by atoms with Gasteiger partial charge in [0.25, 0.3) is 0 Å². The number of aromatic nitrogens is 3. The Morgan fingerprint density at radius 1 is 1.16 bits per heavy atom. The quantitative estimate of drug-likeness (QED) is 0.753. The second kappa shape index (κ2) is 4.45. The van der Waals surface area contributed by atoms with E-state index in [1.807, 2.05) is 36.5 Å². The number of aromatic carboxylic acids is 1. The molecule has 0 atom stereocenters. The lowest BCUT2D eigenvalue weighted by molar-refractivity contribution is 0.0691. The molecule has 5 nitrogen and oxygen atoms in total. The standard InChI is InChI=1S/C14H11N3O2/c18-14(19)13-7-6-12(16-13)10-8-15-17(9-10)11-4-2-1-3-5-11/h1-9,16H,(H,18,19). The molecule has 0 spiro atoms. The summed E-state index contributed by atoms with van der Waals surface area (Å²) in [6.45, 7) is 0. The molecular weight excluding hydrogens is 242 g/mol. The van der Waals surface area contributed by atoms with E-state index in [2.05, 4.69) is 10.1 Å². The number of rotatable bonds is 3. The first kappa shape index (κ1) is 11.3. The minimum atomic E-state index is -0.971. The third-order valence-corrected chi connectivity index (χ3v) is 2.83. The van der Waals surface area contributed by atoms with Gasteiger partial charge in [-0.1, -0.05) is 18.2 Å².